The molecule has 0 aliphatic carbocycles. The first-order valence-electron chi connectivity index (χ1n) is 7.65. The van der Waals surface area contributed by atoms with E-state index in [-0.39, 0.29) is 11.8 Å². The van der Waals surface area contributed by atoms with Gasteiger partial charge in [0.1, 0.15) is 0 Å². The predicted octanol–water partition coefficient (Wildman–Crippen LogP) is 3.19. The van der Waals surface area contributed by atoms with Crippen molar-refractivity contribution in [3.63, 3.8) is 0 Å². The van der Waals surface area contributed by atoms with Crippen LogP contribution in [-0.4, -0.2) is 26.2 Å². The highest BCUT2D eigenvalue weighted by Crippen LogP contribution is 2.28. The van der Waals surface area contributed by atoms with Gasteiger partial charge in [0.25, 0.3) is 0 Å². The van der Waals surface area contributed by atoms with E-state index in [2.05, 4.69) is 12.2 Å². The fourth-order valence-corrected chi connectivity index (χ4v) is 1.85. The van der Waals surface area contributed by atoms with Crippen LogP contribution in [0.25, 0.3) is 0 Å². The lowest BCUT2D eigenvalue weighted by atomic mass is 10.1. The van der Waals surface area contributed by atoms with Crippen molar-refractivity contribution in [3.05, 3.63) is 23.8 Å². The van der Waals surface area contributed by atoms with Crippen LogP contribution in [0.2, 0.25) is 0 Å². The first-order chi connectivity index (χ1) is 10.1. The molecule has 0 atom stereocenters. The zero-order valence-electron chi connectivity index (χ0n) is 13.6. The van der Waals surface area contributed by atoms with Crippen LogP contribution in [0.1, 0.15) is 39.2 Å². The number of amides is 1. The fourth-order valence-electron chi connectivity index (χ4n) is 1.85. The molecule has 0 aromatic heterocycles. The number of unbranched alkanes of at least 4 members (excludes halogenated alkanes) is 1. The Hall–Kier alpha value is -1.71. The van der Waals surface area contributed by atoms with Gasteiger partial charge in [-0.3, -0.25) is 4.79 Å². The Labute approximate surface area is 127 Å². The van der Waals surface area contributed by atoms with Gasteiger partial charge in [-0.05, 0) is 30.5 Å². The summed E-state index contributed by atoms with van der Waals surface area (Å²) in [6.07, 6.45) is 2.92. The monoisotopic (exact) mass is 293 g/mol. The molecule has 0 spiro atoms. The molecule has 0 saturated carbocycles. The van der Waals surface area contributed by atoms with Crippen LogP contribution in [0.3, 0.4) is 0 Å². The van der Waals surface area contributed by atoms with Crippen LogP contribution >= 0.6 is 0 Å². The summed E-state index contributed by atoms with van der Waals surface area (Å²) >= 11 is 0. The molecule has 4 nitrogen and oxygen atoms in total. The van der Waals surface area contributed by atoms with Crippen LogP contribution in [0, 0.1) is 5.92 Å². The van der Waals surface area contributed by atoms with Crippen LogP contribution in [-0.2, 0) is 11.2 Å². The molecule has 0 aliphatic heterocycles. The van der Waals surface area contributed by atoms with Crippen molar-refractivity contribution in [2.75, 3.05) is 20.3 Å². The highest BCUT2D eigenvalue weighted by Gasteiger charge is 2.08. The van der Waals surface area contributed by atoms with E-state index in [1.54, 1.807) is 7.11 Å². The summed E-state index contributed by atoms with van der Waals surface area (Å²) in [5.41, 5.74) is 1.12. The Morgan fingerprint density at radius 1 is 1.29 bits per heavy atom. The summed E-state index contributed by atoms with van der Waals surface area (Å²) in [5, 5.41) is 2.91. The number of hydrogen-bond acceptors (Lipinski definition) is 3. The average Bonchev–Trinajstić information content (AvgIpc) is 2.48. The maximum Gasteiger partial charge on any atom is 0.222 e. The standard InChI is InChI=1S/C17H27NO3/c1-5-6-11-21-15-8-7-14(12-16(15)20-4)9-10-18-17(19)13(2)3/h7-8,12-13H,5-6,9-11H2,1-4H3,(H,18,19). The fraction of sp³-hybridized carbons (Fsp3) is 0.588. The quantitative estimate of drug-likeness (QED) is 0.711. The van der Waals surface area contributed by atoms with Gasteiger partial charge in [-0.2, -0.15) is 0 Å². The normalized spacial score (nSPS) is 10.5. The molecule has 0 saturated heterocycles. The molecule has 4 heteroatoms. The van der Waals surface area contributed by atoms with E-state index in [1.807, 2.05) is 32.0 Å². The molecule has 0 fully saturated rings. The second-order valence-electron chi connectivity index (χ2n) is 5.38. The number of methoxy groups -OCH3 is 1. The minimum absolute atomic E-state index is 0.0221. The molecule has 0 unspecified atom stereocenters. The third-order valence-electron chi connectivity index (χ3n) is 3.22. The van der Waals surface area contributed by atoms with Crippen molar-refractivity contribution in [3.8, 4) is 11.5 Å². The number of benzene rings is 1. The van der Waals surface area contributed by atoms with E-state index in [1.165, 1.54) is 0 Å². The third-order valence-corrected chi connectivity index (χ3v) is 3.22. The minimum atomic E-state index is 0.0221. The molecular formula is C17H27NO3. The molecule has 0 radical (unpaired) electrons. The molecule has 0 bridgehead atoms. The van der Waals surface area contributed by atoms with Crippen LogP contribution in [0.4, 0.5) is 0 Å². The number of carbonyl (C=O) groups excluding carboxylic acids is 1. The summed E-state index contributed by atoms with van der Waals surface area (Å²) < 4.78 is 11.1. The molecule has 118 valence electrons. The number of rotatable bonds is 9. The summed E-state index contributed by atoms with van der Waals surface area (Å²) in [6.45, 7) is 7.25. The molecule has 0 heterocycles. The molecule has 1 amide bonds. The zero-order chi connectivity index (χ0) is 15.7. The van der Waals surface area contributed by atoms with E-state index in [4.69, 9.17) is 9.47 Å². The summed E-state index contributed by atoms with van der Waals surface area (Å²) in [6, 6.07) is 5.93. The van der Waals surface area contributed by atoms with Gasteiger partial charge in [0.15, 0.2) is 11.5 Å². The number of carbonyl (C=O) groups is 1. The van der Waals surface area contributed by atoms with Crippen molar-refractivity contribution in [2.24, 2.45) is 5.92 Å². The number of hydrogen-bond donors (Lipinski definition) is 1. The van der Waals surface area contributed by atoms with Crippen LogP contribution in [0.15, 0.2) is 18.2 Å². The largest absolute Gasteiger partial charge is 0.493 e. The first-order valence-corrected chi connectivity index (χ1v) is 7.65. The van der Waals surface area contributed by atoms with E-state index >= 15 is 0 Å². The molecule has 1 aromatic rings. The predicted molar refractivity (Wildman–Crippen MR) is 84.9 cm³/mol. The minimum Gasteiger partial charge on any atom is -0.493 e. The topological polar surface area (TPSA) is 47.6 Å². The van der Waals surface area contributed by atoms with E-state index in [0.717, 1.165) is 36.3 Å². The van der Waals surface area contributed by atoms with Gasteiger partial charge < -0.3 is 14.8 Å². The lowest BCUT2D eigenvalue weighted by Crippen LogP contribution is -2.29. The van der Waals surface area contributed by atoms with E-state index in [0.29, 0.717) is 13.2 Å². The molecular weight excluding hydrogens is 266 g/mol. The highest BCUT2D eigenvalue weighted by molar-refractivity contribution is 5.77. The van der Waals surface area contributed by atoms with Crippen molar-refractivity contribution >= 4 is 5.91 Å². The van der Waals surface area contributed by atoms with E-state index < -0.39 is 0 Å². The van der Waals surface area contributed by atoms with E-state index in [9.17, 15) is 4.79 Å². The van der Waals surface area contributed by atoms with Crippen molar-refractivity contribution in [1.82, 2.24) is 5.32 Å². The van der Waals surface area contributed by atoms with Gasteiger partial charge in [0.05, 0.1) is 13.7 Å². The maximum absolute atomic E-state index is 11.5. The first kappa shape index (κ1) is 17.3. The maximum atomic E-state index is 11.5. The van der Waals surface area contributed by atoms with Crippen molar-refractivity contribution in [2.45, 2.75) is 40.0 Å². The average molecular weight is 293 g/mol. The Morgan fingerprint density at radius 2 is 2.05 bits per heavy atom. The van der Waals surface area contributed by atoms with Crippen molar-refractivity contribution in [1.29, 1.82) is 0 Å². The lowest BCUT2D eigenvalue weighted by Gasteiger charge is -2.12. The molecule has 21 heavy (non-hydrogen) atoms. The van der Waals surface area contributed by atoms with Gasteiger partial charge >= 0.3 is 0 Å². The van der Waals surface area contributed by atoms with Crippen LogP contribution < -0.4 is 14.8 Å². The second-order valence-corrected chi connectivity index (χ2v) is 5.38. The summed E-state index contributed by atoms with van der Waals surface area (Å²) in [5.74, 6) is 1.63. The SMILES string of the molecule is CCCCOc1ccc(CCNC(=O)C(C)C)cc1OC. The van der Waals surface area contributed by atoms with Crippen LogP contribution in [0.5, 0.6) is 11.5 Å². The number of ether oxygens (including phenoxy) is 2. The van der Waals surface area contributed by atoms with Gasteiger partial charge in [-0.1, -0.05) is 33.3 Å². The van der Waals surface area contributed by atoms with Gasteiger partial charge in [-0.15, -0.1) is 0 Å². The number of nitrogens with one attached hydrogen (secondary N) is 1. The summed E-state index contributed by atoms with van der Waals surface area (Å²) in [7, 11) is 1.65. The van der Waals surface area contributed by atoms with Gasteiger partial charge in [0.2, 0.25) is 5.91 Å². The molecule has 1 N–H and O–H groups in total. The Kier molecular flexibility index (Phi) is 7.65. The molecule has 1 rings (SSSR count). The lowest BCUT2D eigenvalue weighted by molar-refractivity contribution is -0.123. The van der Waals surface area contributed by atoms with Crippen molar-refractivity contribution < 1.29 is 14.3 Å². The van der Waals surface area contributed by atoms with Gasteiger partial charge in [0, 0.05) is 12.5 Å². The zero-order valence-corrected chi connectivity index (χ0v) is 13.6. The highest BCUT2D eigenvalue weighted by atomic mass is 16.5. The third kappa shape index (κ3) is 6.06. The molecule has 0 aliphatic rings. The summed E-state index contributed by atoms with van der Waals surface area (Å²) in [4.78, 5) is 11.5. The smallest absolute Gasteiger partial charge is 0.222 e. The Bertz CT molecular complexity index is 444. The second kappa shape index (κ2) is 9.27. The Morgan fingerprint density at radius 3 is 2.67 bits per heavy atom. The molecule has 1 aromatic carbocycles. The van der Waals surface area contributed by atoms with Gasteiger partial charge in [-0.25, -0.2) is 0 Å². The Balaban J connectivity index is 2.54.